The number of benzene rings is 3. The zero-order valence-electron chi connectivity index (χ0n) is 20.6. The molecule has 0 aliphatic carbocycles. The van der Waals surface area contributed by atoms with E-state index in [1.165, 1.54) is 27.8 Å². The molecule has 5 rings (SSSR count). The summed E-state index contributed by atoms with van der Waals surface area (Å²) < 4.78 is 1.43. The van der Waals surface area contributed by atoms with Gasteiger partial charge in [0.15, 0.2) is 5.60 Å². The summed E-state index contributed by atoms with van der Waals surface area (Å²) in [5.41, 5.74) is 0.0299. The number of aromatic amines is 1. The Balaban J connectivity index is 1.54. The van der Waals surface area contributed by atoms with Crippen LogP contribution >= 0.6 is 0 Å². The molecule has 10 heteroatoms. The number of nitro groups is 1. The van der Waals surface area contributed by atoms with Gasteiger partial charge in [-0.05, 0) is 42.3 Å². The molecule has 4 aromatic rings. The lowest BCUT2D eigenvalue weighted by atomic mass is 9.82. The minimum absolute atomic E-state index is 0.0713. The first-order valence-electron chi connectivity index (χ1n) is 12.2. The number of aliphatic hydroxyl groups excluding tert-OH is 1. The van der Waals surface area contributed by atoms with E-state index in [1.54, 1.807) is 55.5 Å². The fraction of sp³-hybridized carbons (Fsp3) is 0.214. The Hall–Kier alpha value is -4.54. The van der Waals surface area contributed by atoms with Gasteiger partial charge in [-0.25, -0.2) is 4.68 Å². The van der Waals surface area contributed by atoms with E-state index in [0.717, 1.165) is 0 Å². The molecule has 1 aromatic heterocycles. The number of non-ortho nitro benzene ring substituents is 1. The summed E-state index contributed by atoms with van der Waals surface area (Å²) in [6, 6.07) is 18.3. The van der Waals surface area contributed by atoms with Gasteiger partial charge in [-0.3, -0.25) is 24.8 Å². The van der Waals surface area contributed by atoms with Crippen LogP contribution in [0.15, 0.2) is 83.7 Å². The summed E-state index contributed by atoms with van der Waals surface area (Å²) in [5, 5.41) is 35.9. The quantitative estimate of drug-likeness (QED) is 0.187. The van der Waals surface area contributed by atoms with Crippen molar-refractivity contribution >= 4 is 28.2 Å². The number of carbonyl (C=O) groups excluding carboxylic acids is 1. The van der Waals surface area contributed by atoms with Crippen molar-refractivity contribution in [3.63, 3.8) is 0 Å². The number of aliphatic hydroxyl groups is 2. The zero-order chi connectivity index (χ0) is 27.0. The van der Waals surface area contributed by atoms with Gasteiger partial charge in [-0.2, -0.15) is 0 Å². The number of nitrogens with one attached hydrogen (secondary N) is 1. The van der Waals surface area contributed by atoms with Crippen molar-refractivity contribution in [3.8, 4) is 5.69 Å². The highest BCUT2D eigenvalue weighted by Crippen LogP contribution is 2.47. The Labute approximate surface area is 217 Å². The van der Waals surface area contributed by atoms with Gasteiger partial charge in [0.25, 0.3) is 17.2 Å². The van der Waals surface area contributed by atoms with Crippen molar-refractivity contribution in [1.82, 2.24) is 9.78 Å². The standard InChI is InChI=1S/C28H26N4O6/c1-18(7-4-5-14-33)28(36)23-16-21(32(37)38)12-13-25(23)30(27(28)35)17-19-8-6-9-20(15-19)31-26(34)22-10-2-3-11-24(22)29-31/h2-4,6-13,15-16,18,29,33,36H,5,14,17H2,1H3/b7-4+/t18-,28+/m0/s1. The van der Waals surface area contributed by atoms with Crippen molar-refractivity contribution in [1.29, 1.82) is 0 Å². The second-order valence-corrected chi connectivity index (χ2v) is 9.31. The maximum absolute atomic E-state index is 13.7. The number of aromatic nitrogens is 2. The molecule has 10 nitrogen and oxygen atoms in total. The van der Waals surface area contributed by atoms with Crippen molar-refractivity contribution < 1.29 is 19.9 Å². The molecule has 0 spiro atoms. The third-order valence-electron chi connectivity index (χ3n) is 6.95. The Morgan fingerprint density at radius 1 is 1.11 bits per heavy atom. The lowest BCUT2D eigenvalue weighted by Gasteiger charge is -2.27. The highest BCUT2D eigenvalue weighted by atomic mass is 16.6. The second kappa shape index (κ2) is 9.73. The molecule has 194 valence electrons. The first-order chi connectivity index (χ1) is 18.3. The van der Waals surface area contributed by atoms with Crippen LogP contribution in [-0.2, 0) is 16.9 Å². The molecule has 0 saturated heterocycles. The van der Waals surface area contributed by atoms with Crippen molar-refractivity contribution in [2.24, 2.45) is 5.92 Å². The first-order valence-corrected chi connectivity index (χ1v) is 12.2. The molecule has 2 atom stereocenters. The van der Waals surface area contributed by atoms with Gasteiger partial charge in [0, 0.05) is 30.2 Å². The largest absolute Gasteiger partial charge is 0.396 e. The Kier molecular flexibility index (Phi) is 6.43. The first kappa shape index (κ1) is 25.1. The van der Waals surface area contributed by atoms with Crippen LogP contribution < -0.4 is 10.5 Å². The number of amides is 1. The SMILES string of the molecule is C[C@@H](/C=C/CCO)[C@]1(O)C(=O)N(Cc2cccc(-n3[nH]c4ccccc4c3=O)c2)c2ccc([N+](=O)[O-])cc21. The Bertz CT molecular complexity index is 1640. The lowest BCUT2D eigenvalue weighted by Crippen LogP contribution is -2.44. The van der Waals surface area contributed by atoms with Gasteiger partial charge in [-0.15, -0.1) is 0 Å². The molecule has 1 amide bonds. The van der Waals surface area contributed by atoms with Crippen molar-refractivity contribution in [2.75, 3.05) is 11.5 Å². The van der Waals surface area contributed by atoms with Crippen LogP contribution in [0.4, 0.5) is 11.4 Å². The van der Waals surface area contributed by atoms with Crippen LogP contribution in [0, 0.1) is 16.0 Å². The number of nitro benzene ring substituents is 1. The van der Waals surface area contributed by atoms with Crippen LogP contribution in [-0.4, -0.2) is 37.4 Å². The minimum atomic E-state index is -2.03. The van der Waals surface area contributed by atoms with Crippen LogP contribution in [0.2, 0.25) is 0 Å². The van der Waals surface area contributed by atoms with E-state index >= 15 is 0 Å². The molecule has 1 aliphatic rings. The third-order valence-corrected chi connectivity index (χ3v) is 6.95. The number of para-hydroxylation sites is 1. The van der Waals surface area contributed by atoms with Gasteiger partial charge >= 0.3 is 0 Å². The molecule has 0 saturated carbocycles. The number of carbonyl (C=O) groups is 1. The zero-order valence-corrected chi connectivity index (χ0v) is 20.6. The fourth-order valence-corrected chi connectivity index (χ4v) is 4.94. The summed E-state index contributed by atoms with van der Waals surface area (Å²) in [5.74, 6) is -1.33. The average Bonchev–Trinajstić information content (AvgIpc) is 3.37. The highest BCUT2D eigenvalue weighted by molar-refractivity contribution is 6.07. The lowest BCUT2D eigenvalue weighted by molar-refractivity contribution is -0.385. The monoisotopic (exact) mass is 514 g/mol. The van der Waals surface area contributed by atoms with E-state index in [-0.39, 0.29) is 30.0 Å². The molecule has 2 heterocycles. The number of hydrogen-bond acceptors (Lipinski definition) is 6. The molecule has 0 bridgehead atoms. The van der Waals surface area contributed by atoms with Gasteiger partial charge in [0.2, 0.25) is 0 Å². The highest BCUT2D eigenvalue weighted by Gasteiger charge is 2.53. The van der Waals surface area contributed by atoms with Gasteiger partial charge in [0.1, 0.15) is 0 Å². The molecule has 38 heavy (non-hydrogen) atoms. The van der Waals surface area contributed by atoms with E-state index in [1.807, 2.05) is 12.1 Å². The summed E-state index contributed by atoms with van der Waals surface area (Å²) in [6.07, 6.45) is 3.64. The number of nitrogens with zero attached hydrogens (tertiary/aromatic N) is 3. The Morgan fingerprint density at radius 2 is 1.89 bits per heavy atom. The number of rotatable bonds is 8. The van der Waals surface area contributed by atoms with Crippen molar-refractivity contribution in [2.45, 2.75) is 25.5 Å². The fourth-order valence-electron chi connectivity index (χ4n) is 4.94. The third kappa shape index (κ3) is 4.09. The maximum atomic E-state index is 13.7. The van der Waals surface area contributed by atoms with Crippen LogP contribution in [0.25, 0.3) is 16.6 Å². The molecular weight excluding hydrogens is 488 g/mol. The molecule has 0 unspecified atom stereocenters. The number of H-pyrrole nitrogens is 1. The smallest absolute Gasteiger partial charge is 0.279 e. The molecule has 0 radical (unpaired) electrons. The summed E-state index contributed by atoms with van der Waals surface area (Å²) >= 11 is 0. The van der Waals surface area contributed by atoms with E-state index in [2.05, 4.69) is 5.10 Å². The van der Waals surface area contributed by atoms with Crippen LogP contribution in [0.1, 0.15) is 24.5 Å². The normalized spacial score (nSPS) is 17.9. The minimum Gasteiger partial charge on any atom is -0.396 e. The van der Waals surface area contributed by atoms with E-state index < -0.39 is 22.3 Å². The molecule has 0 fully saturated rings. The maximum Gasteiger partial charge on any atom is 0.279 e. The molecule has 3 aromatic carbocycles. The molecular formula is C28H26N4O6. The van der Waals surface area contributed by atoms with E-state index in [4.69, 9.17) is 5.11 Å². The predicted octanol–water partition coefficient (Wildman–Crippen LogP) is 3.54. The number of hydrogen-bond donors (Lipinski definition) is 3. The predicted molar refractivity (Wildman–Crippen MR) is 142 cm³/mol. The molecule has 3 N–H and O–H groups in total. The molecule has 1 aliphatic heterocycles. The average molecular weight is 515 g/mol. The second-order valence-electron chi connectivity index (χ2n) is 9.31. The van der Waals surface area contributed by atoms with Crippen LogP contribution in [0.5, 0.6) is 0 Å². The van der Waals surface area contributed by atoms with E-state index in [9.17, 15) is 24.8 Å². The topological polar surface area (TPSA) is 142 Å². The number of anilines is 1. The summed E-state index contributed by atoms with van der Waals surface area (Å²) in [4.78, 5) is 38.9. The van der Waals surface area contributed by atoms with E-state index in [0.29, 0.717) is 34.3 Å². The van der Waals surface area contributed by atoms with Crippen LogP contribution in [0.3, 0.4) is 0 Å². The number of fused-ring (bicyclic) bond motifs is 2. The summed E-state index contributed by atoms with van der Waals surface area (Å²) in [7, 11) is 0. The van der Waals surface area contributed by atoms with Crippen molar-refractivity contribution in [3.05, 3.63) is 110 Å². The summed E-state index contributed by atoms with van der Waals surface area (Å²) in [6.45, 7) is 1.64. The Morgan fingerprint density at radius 3 is 2.63 bits per heavy atom. The van der Waals surface area contributed by atoms with Gasteiger partial charge in [0.05, 0.1) is 33.7 Å². The van der Waals surface area contributed by atoms with Gasteiger partial charge < -0.3 is 15.1 Å². The van der Waals surface area contributed by atoms with Gasteiger partial charge in [-0.1, -0.05) is 43.3 Å².